The van der Waals surface area contributed by atoms with Gasteiger partial charge in [-0.15, -0.1) is 0 Å². The molecule has 2 aromatic rings. The van der Waals surface area contributed by atoms with Gasteiger partial charge in [-0.25, -0.2) is 4.39 Å². The fourth-order valence-electron chi connectivity index (χ4n) is 1.86. The molecule has 100 valence electrons. The molecule has 19 heavy (non-hydrogen) atoms. The number of hydrogen-bond acceptors (Lipinski definition) is 2. The molecule has 0 bridgehead atoms. The Balaban J connectivity index is 2.21. The maximum Gasteiger partial charge on any atom is 0.131 e. The summed E-state index contributed by atoms with van der Waals surface area (Å²) in [5, 5.41) is 0.626. The highest BCUT2D eigenvalue weighted by Crippen LogP contribution is 2.28. The molecule has 0 aliphatic rings. The van der Waals surface area contributed by atoms with Gasteiger partial charge in [0.2, 0.25) is 0 Å². The Morgan fingerprint density at radius 2 is 1.95 bits per heavy atom. The normalized spacial score (nSPS) is 12.2. The second-order valence-corrected chi connectivity index (χ2v) is 4.73. The lowest BCUT2D eigenvalue weighted by molar-refractivity contribution is 0.299. The van der Waals surface area contributed by atoms with Gasteiger partial charge in [0.15, 0.2) is 0 Å². The van der Waals surface area contributed by atoms with E-state index in [1.54, 1.807) is 25.1 Å². The first kappa shape index (κ1) is 13.8. The van der Waals surface area contributed by atoms with Crippen LogP contribution in [0, 0.1) is 5.82 Å². The summed E-state index contributed by atoms with van der Waals surface area (Å²) in [6.45, 7) is 2.00. The predicted octanol–water partition coefficient (Wildman–Crippen LogP) is 4.08. The van der Waals surface area contributed by atoms with Crippen molar-refractivity contribution in [1.29, 1.82) is 0 Å². The van der Waals surface area contributed by atoms with Crippen molar-refractivity contribution in [3.05, 3.63) is 64.4 Å². The molecule has 0 saturated heterocycles. The van der Waals surface area contributed by atoms with Gasteiger partial charge in [-0.05, 0) is 25.1 Å². The number of ether oxygens (including phenoxy) is 1. The molecule has 0 heterocycles. The van der Waals surface area contributed by atoms with E-state index >= 15 is 0 Å². The average Bonchev–Trinajstić information content (AvgIpc) is 2.37. The third kappa shape index (κ3) is 3.25. The van der Waals surface area contributed by atoms with Crippen LogP contribution in [-0.2, 0) is 6.61 Å². The summed E-state index contributed by atoms with van der Waals surface area (Å²) in [6.07, 6.45) is 0. The van der Waals surface area contributed by atoms with Gasteiger partial charge in [-0.1, -0.05) is 35.9 Å². The summed E-state index contributed by atoms with van der Waals surface area (Å²) >= 11 is 6.05. The third-order valence-corrected chi connectivity index (χ3v) is 3.18. The van der Waals surface area contributed by atoms with Crippen LogP contribution >= 0.6 is 11.6 Å². The molecule has 2 nitrogen and oxygen atoms in total. The molecule has 0 saturated carbocycles. The molecule has 2 aromatic carbocycles. The van der Waals surface area contributed by atoms with Crippen LogP contribution in [0.15, 0.2) is 42.5 Å². The molecule has 1 atom stereocenters. The Morgan fingerprint density at radius 3 is 2.63 bits per heavy atom. The molecule has 0 radical (unpaired) electrons. The van der Waals surface area contributed by atoms with Gasteiger partial charge in [0.1, 0.15) is 18.2 Å². The van der Waals surface area contributed by atoms with Crippen molar-refractivity contribution in [2.45, 2.75) is 19.6 Å². The Kier molecular flexibility index (Phi) is 4.40. The van der Waals surface area contributed by atoms with Crippen LogP contribution in [0.1, 0.15) is 24.1 Å². The summed E-state index contributed by atoms with van der Waals surface area (Å²) in [5.41, 5.74) is 7.00. The second-order valence-electron chi connectivity index (χ2n) is 4.32. The van der Waals surface area contributed by atoms with Crippen LogP contribution in [0.25, 0.3) is 0 Å². The van der Waals surface area contributed by atoms with Crippen LogP contribution in [0.4, 0.5) is 4.39 Å². The topological polar surface area (TPSA) is 35.2 Å². The lowest BCUT2D eigenvalue weighted by atomic mass is 10.1. The van der Waals surface area contributed by atoms with Gasteiger partial charge in [-0.3, -0.25) is 0 Å². The van der Waals surface area contributed by atoms with Gasteiger partial charge in [0.25, 0.3) is 0 Å². The minimum absolute atomic E-state index is 0.281. The molecule has 0 fully saturated rings. The fourth-order valence-corrected chi connectivity index (χ4v) is 2.05. The summed E-state index contributed by atoms with van der Waals surface area (Å²) in [7, 11) is 0. The molecule has 0 unspecified atom stereocenters. The molecule has 2 rings (SSSR count). The maximum absolute atomic E-state index is 13.7. The van der Waals surface area contributed by atoms with Crippen molar-refractivity contribution in [1.82, 2.24) is 0 Å². The quantitative estimate of drug-likeness (QED) is 0.915. The highest BCUT2D eigenvalue weighted by Gasteiger charge is 2.13. The molecule has 4 heteroatoms. The lowest BCUT2D eigenvalue weighted by Crippen LogP contribution is -2.10. The Hall–Kier alpha value is -1.58. The molecule has 0 aliphatic heterocycles. The predicted molar refractivity (Wildman–Crippen MR) is 74.8 cm³/mol. The van der Waals surface area contributed by atoms with E-state index in [2.05, 4.69) is 0 Å². The van der Waals surface area contributed by atoms with Crippen molar-refractivity contribution in [3.63, 3.8) is 0 Å². The van der Waals surface area contributed by atoms with Gasteiger partial charge in [-0.2, -0.15) is 0 Å². The Bertz CT molecular complexity index is 572. The van der Waals surface area contributed by atoms with E-state index in [4.69, 9.17) is 22.1 Å². The summed E-state index contributed by atoms with van der Waals surface area (Å²) in [5.74, 6) is 0.0987. The van der Waals surface area contributed by atoms with Crippen LogP contribution in [0.5, 0.6) is 5.75 Å². The fraction of sp³-hybridized carbons (Fsp3) is 0.200. The Labute approximate surface area is 117 Å². The molecular weight excluding hydrogens is 265 g/mol. The van der Waals surface area contributed by atoms with Crippen molar-refractivity contribution in [2.75, 3.05) is 0 Å². The highest BCUT2D eigenvalue weighted by atomic mass is 35.5. The molecule has 0 spiro atoms. The molecule has 0 aliphatic carbocycles. The van der Waals surface area contributed by atoms with Crippen LogP contribution in [-0.4, -0.2) is 0 Å². The largest absolute Gasteiger partial charge is 0.488 e. The van der Waals surface area contributed by atoms with Crippen LogP contribution in [0.3, 0.4) is 0 Å². The zero-order valence-corrected chi connectivity index (χ0v) is 11.3. The van der Waals surface area contributed by atoms with E-state index in [9.17, 15) is 4.39 Å². The highest BCUT2D eigenvalue weighted by molar-refractivity contribution is 6.31. The molecule has 0 aromatic heterocycles. The van der Waals surface area contributed by atoms with Crippen LogP contribution in [0.2, 0.25) is 5.02 Å². The zero-order valence-electron chi connectivity index (χ0n) is 10.6. The van der Waals surface area contributed by atoms with Crippen molar-refractivity contribution in [2.24, 2.45) is 5.73 Å². The minimum Gasteiger partial charge on any atom is -0.488 e. The van der Waals surface area contributed by atoms with Crippen molar-refractivity contribution >= 4 is 11.6 Å². The standard InChI is InChI=1S/C15H15ClFNO/c1-10(18)15-13(17)7-4-8-14(15)19-9-11-5-2-3-6-12(11)16/h2-8,10H,9,18H2,1H3/t10-/m1/s1. The van der Waals surface area contributed by atoms with Gasteiger partial charge >= 0.3 is 0 Å². The smallest absolute Gasteiger partial charge is 0.131 e. The van der Waals surface area contributed by atoms with E-state index in [-0.39, 0.29) is 12.4 Å². The van der Waals surface area contributed by atoms with Gasteiger partial charge in [0, 0.05) is 22.2 Å². The van der Waals surface area contributed by atoms with Gasteiger partial charge in [0.05, 0.1) is 0 Å². The third-order valence-electron chi connectivity index (χ3n) is 2.81. The first-order valence-corrected chi connectivity index (χ1v) is 6.37. The number of halogens is 2. The monoisotopic (exact) mass is 279 g/mol. The van der Waals surface area contributed by atoms with E-state index in [1.165, 1.54) is 6.07 Å². The average molecular weight is 280 g/mol. The van der Waals surface area contributed by atoms with Crippen molar-refractivity contribution in [3.8, 4) is 5.75 Å². The maximum atomic E-state index is 13.7. The first-order chi connectivity index (χ1) is 9.09. The molecule has 2 N–H and O–H groups in total. The second kappa shape index (κ2) is 6.04. The number of benzene rings is 2. The van der Waals surface area contributed by atoms with Crippen LogP contribution < -0.4 is 10.5 Å². The first-order valence-electron chi connectivity index (χ1n) is 6.00. The summed E-state index contributed by atoms with van der Waals surface area (Å²) in [6, 6.07) is 11.6. The zero-order chi connectivity index (χ0) is 13.8. The summed E-state index contributed by atoms with van der Waals surface area (Å²) < 4.78 is 19.4. The lowest BCUT2D eigenvalue weighted by Gasteiger charge is -2.15. The van der Waals surface area contributed by atoms with E-state index < -0.39 is 6.04 Å². The Morgan fingerprint density at radius 1 is 1.21 bits per heavy atom. The van der Waals surface area contributed by atoms with E-state index in [0.717, 1.165) is 5.56 Å². The molecule has 0 amide bonds. The van der Waals surface area contributed by atoms with E-state index in [0.29, 0.717) is 16.3 Å². The number of rotatable bonds is 4. The minimum atomic E-state index is -0.428. The summed E-state index contributed by atoms with van der Waals surface area (Å²) in [4.78, 5) is 0. The molecular formula is C15H15ClFNO. The number of nitrogens with two attached hydrogens (primary N) is 1. The van der Waals surface area contributed by atoms with Gasteiger partial charge < -0.3 is 10.5 Å². The van der Waals surface area contributed by atoms with E-state index in [1.807, 2.05) is 18.2 Å². The number of hydrogen-bond donors (Lipinski definition) is 1. The van der Waals surface area contributed by atoms with Crippen molar-refractivity contribution < 1.29 is 9.13 Å². The SMILES string of the molecule is C[C@@H](N)c1c(F)cccc1OCc1ccccc1Cl.